The molecule has 0 saturated carbocycles. The second-order valence-corrected chi connectivity index (χ2v) is 14.0. The number of carboxylic acids is 1. The first-order chi connectivity index (χ1) is 25.4. The van der Waals surface area contributed by atoms with Crippen LogP contribution in [0.3, 0.4) is 0 Å². The fourth-order valence-electron chi connectivity index (χ4n) is 5.25. The van der Waals surface area contributed by atoms with Crippen molar-refractivity contribution >= 4 is 35.8 Å². The van der Waals surface area contributed by atoms with Gasteiger partial charge in [-0.1, -0.05) is 61.8 Å². The molecule has 0 radical (unpaired) electrons. The molecule has 54 heavy (non-hydrogen) atoms. The highest BCUT2D eigenvalue weighted by molar-refractivity contribution is 5.90. The monoisotopic (exact) mass is 778 g/mol. The van der Waals surface area contributed by atoms with Gasteiger partial charge >= 0.3 is 35.8 Å². The smallest absolute Gasteiger partial charge is 0.317 e. The number of carbonyl (C=O) groups is 6. The third-order valence-corrected chi connectivity index (χ3v) is 9.74. The zero-order valence-electron chi connectivity index (χ0n) is 32.3. The number of rotatable bonds is 21. The first-order valence-electron chi connectivity index (χ1n) is 18.5. The number of ether oxygens (including phenoxy) is 8. The molecule has 310 valence electrons. The fraction of sp³-hybridized carbons (Fsp3) is 0.833. The maximum atomic E-state index is 13.5. The van der Waals surface area contributed by atoms with Gasteiger partial charge in [-0.2, -0.15) is 0 Å². The van der Waals surface area contributed by atoms with Crippen molar-refractivity contribution in [3.8, 4) is 0 Å². The van der Waals surface area contributed by atoms with Gasteiger partial charge < -0.3 is 58.3 Å². The molecule has 0 aromatic carbocycles. The molecule has 0 aromatic heterocycles. The number of esters is 5. The molecule has 2 rings (SSSR count). The highest BCUT2D eigenvalue weighted by atomic mass is 16.8. The van der Waals surface area contributed by atoms with Crippen molar-refractivity contribution in [2.24, 2.45) is 23.7 Å². The van der Waals surface area contributed by atoms with Gasteiger partial charge in [0.05, 0.1) is 24.4 Å². The third kappa shape index (κ3) is 12.6. The maximum Gasteiger partial charge on any atom is 0.317 e. The number of hydrogen-bond acceptors (Lipinski definition) is 17. The summed E-state index contributed by atoms with van der Waals surface area (Å²) in [6, 6.07) is 0. The zero-order chi connectivity index (χ0) is 40.9. The van der Waals surface area contributed by atoms with Crippen LogP contribution < -0.4 is 0 Å². The Hall–Kier alpha value is -3.42. The summed E-state index contributed by atoms with van der Waals surface area (Å²) in [5.74, 6) is -10.6. The first kappa shape index (κ1) is 46.7. The van der Waals surface area contributed by atoms with E-state index in [1.165, 1.54) is 0 Å². The second-order valence-electron chi connectivity index (χ2n) is 14.0. The normalized spacial score (nSPS) is 30.3. The zero-order valence-corrected chi connectivity index (χ0v) is 32.3. The fourth-order valence-corrected chi connectivity index (χ4v) is 5.25. The van der Waals surface area contributed by atoms with Crippen LogP contribution in [0.4, 0.5) is 0 Å². The Balaban J connectivity index is 2.81. The highest BCUT2D eigenvalue weighted by Crippen LogP contribution is 2.39. The van der Waals surface area contributed by atoms with Crippen LogP contribution in [0.5, 0.6) is 0 Å². The first-order valence-corrected chi connectivity index (χ1v) is 18.5. The summed E-state index contributed by atoms with van der Waals surface area (Å²) in [6.07, 6.45) is -13.7. The van der Waals surface area contributed by atoms with Gasteiger partial charge in [0, 0.05) is 6.42 Å². The van der Waals surface area contributed by atoms with E-state index >= 15 is 0 Å². The van der Waals surface area contributed by atoms with Gasteiger partial charge in [0.25, 0.3) is 0 Å². The van der Waals surface area contributed by atoms with E-state index in [0.29, 0.717) is 25.7 Å². The Kier molecular flexibility index (Phi) is 18.7. The molecule has 0 aliphatic carbocycles. The summed E-state index contributed by atoms with van der Waals surface area (Å²) in [6.45, 7) is 11.1. The van der Waals surface area contributed by atoms with E-state index in [0.717, 1.165) is 0 Å². The number of aliphatic hydroxyl groups is 3. The minimum absolute atomic E-state index is 0.110. The van der Waals surface area contributed by atoms with Crippen molar-refractivity contribution in [2.75, 3.05) is 19.8 Å². The SMILES string of the molecule is CCC(C)CC(=O)O[C@@H]1[C@@H](OC(=O)C(C)CC)[C@@H](O[C@]2(COC(=O)CC(=O)O)O[C@H](CO)[C@@H](O)[C@@H]2O)O[C@H](COC(=O)C(C)CC)[C@H]1OC(=O)C(C)CC. The molecule has 2 heterocycles. The van der Waals surface area contributed by atoms with Crippen molar-refractivity contribution in [3.05, 3.63) is 0 Å². The third-order valence-electron chi connectivity index (χ3n) is 9.74. The molecule has 13 atom stereocenters. The number of hydrogen-bond donors (Lipinski definition) is 4. The Labute approximate surface area is 315 Å². The van der Waals surface area contributed by atoms with Crippen LogP contribution >= 0.6 is 0 Å². The highest BCUT2D eigenvalue weighted by Gasteiger charge is 2.61. The molecule has 0 spiro atoms. The van der Waals surface area contributed by atoms with Crippen LogP contribution in [-0.2, 0) is 66.7 Å². The summed E-state index contributed by atoms with van der Waals surface area (Å²) in [5.41, 5.74) is 0. The molecule has 4 N–H and O–H groups in total. The molecule has 2 aliphatic rings. The van der Waals surface area contributed by atoms with E-state index in [1.54, 1.807) is 48.5 Å². The predicted molar refractivity (Wildman–Crippen MR) is 183 cm³/mol. The van der Waals surface area contributed by atoms with Gasteiger partial charge in [0.1, 0.15) is 44.1 Å². The standard InChI is InChI=1S/C36H58O18/c1-9-18(5)13-26(41)50-29-28(51-33(45)20(7)11-3)23(16-47-32(44)19(6)10-2)49-35(30(29)52-34(46)21(8)12-4)54-36(17-48-25(40)14-24(38)39)31(43)27(42)22(15-37)53-36/h18-23,27-31,35,37,42-43H,9-17H2,1-8H3,(H,38,39)/t18?,19?,20?,21?,22-,23-,27-,28-,29+,30-,31+,35-,36+/m1/s1. The molecule has 2 saturated heterocycles. The van der Waals surface area contributed by atoms with Gasteiger partial charge in [-0.3, -0.25) is 28.8 Å². The Morgan fingerprint density at radius 1 is 0.704 bits per heavy atom. The van der Waals surface area contributed by atoms with Crippen LogP contribution in [0.25, 0.3) is 0 Å². The average Bonchev–Trinajstić information content (AvgIpc) is 3.38. The van der Waals surface area contributed by atoms with Crippen molar-refractivity contribution in [1.29, 1.82) is 0 Å². The molecule has 0 bridgehead atoms. The number of carbonyl (C=O) groups excluding carboxylic acids is 5. The van der Waals surface area contributed by atoms with Crippen LogP contribution in [-0.4, -0.2) is 131 Å². The van der Waals surface area contributed by atoms with Gasteiger partial charge in [0.2, 0.25) is 12.1 Å². The minimum atomic E-state index is -2.63. The molecule has 0 amide bonds. The topological polar surface area (TPSA) is 257 Å². The largest absolute Gasteiger partial charge is 0.481 e. The van der Waals surface area contributed by atoms with E-state index in [2.05, 4.69) is 0 Å². The van der Waals surface area contributed by atoms with Crippen LogP contribution in [0.2, 0.25) is 0 Å². The minimum Gasteiger partial charge on any atom is -0.481 e. The van der Waals surface area contributed by atoms with E-state index in [4.69, 9.17) is 43.0 Å². The van der Waals surface area contributed by atoms with E-state index in [-0.39, 0.29) is 12.3 Å². The van der Waals surface area contributed by atoms with Crippen molar-refractivity contribution in [3.63, 3.8) is 0 Å². The Morgan fingerprint density at radius 3 is 1.76 bits per heavy atom. The summed E-state index contributed by atoms with van der Waals surface area (Å²) in [5, 5.41) is 41.0. The van der Waals surface area contributed by atoms with Crippen molar-refractivity contribution in [1.82, 2.24) is 0 Å². The van der Waals surface area contributed by atoms with Crippen LogP contribution in [0, 0.1) is 23.7 Å². The Morgan fingerprint density at radius 2 is 1.26 bits per heavy atom. The average molecular weight is 779 g/mol. The lowest BCUT2D eigenvalue weighted by molar-refractivity contribution is -0.384. The number of aliphatic hydroxyl groups excluding tert-OH is 3. The van der Waals surface area contributed by atoms with E-state index in [9.17, 15) is 44.1 Å². The van der Waals surface area contributed by atoms with E-state index < -0.39 is 135 Å². The summed E-state index contributed by atoms with van der Waals surface area (Å²) < 4.78 is 46.4. The predicted octanol–water partition coefficient (Wildman–Crippen LogP) is 1.41. The maximum absolute atomic E-state index is 13.5. The molecular formula is C36H58O18. The quantitative estimate of drug-likeness (QED) is 0.0729. The Bertz CT molecular complexity index is 1270. The lowest BCUT2D eigenvalue weighted by Crippen LogP contribution is -2.66. The molecule has 2 fully saturated rings. The van der Waals surface area contributed by atoms with Gasteiger partial charge in [-0.25, -0.2) is 0 Å². The second kappa shape index (κ2) is 21.6. The summed E-state index contributed by atoms with van der Waals surface area (Å²) >= 11 is 0. The van der Waals surface area contributed by atoms with Crippen LogP contribution in [0.15, 0.2) is 0 Å². The molecule has 4 unspecified atom stereocenters. The lowest BCUT2D eigenvalue weighted by atomic mass is 9.96. The molecule has 2 aliphatic heterocycles. The molecular weight excluding hydrogens is 720 g/mol. The van der Waals surface area contributed by atoms with Gasteiger partial charge in [-0.05, 0) is 25.2 Å². The summed E-state index contributed by atoms with van der Waals surface area (Å²) in [7, 11) is 0. The molecule has 0 aromatic rings. The number of carboxylic acid groups (broad SMARTS) is 1. The van der Waals surface area contributed by atoms with E-state index in [1.807, 2.05) is 6.92 Å². The molecule has 18 nitrogen and oxygen atoms in total. The summed E-state index contributed by atoms with van der Waals surface area (Å²) in [4.78, 5) is 76.6. The van der Waals surface area contributed by atoms with Gasteiger partial charge in [0.15, 0.2) is 18.3 Å². The van der Waals surface area contributed by atoms with Crippen LogP contribution in [0.1, 0.15) is 93.9 Å². The lowest BCUT2D eigenvalue weighted by Gasteiger charge is -2.47. The molecule has 18 heteroatoms. The van der Waals surface area contributed by atoms with Crippen molar-refractivity contribution < 1.29 is 87.1 Å². The van der Waals surface area contributed by atoms with Gasteiger partial charge in [-0.15, -0.1) is 0 Å². The van der Waals surface area contributed by atoms with Crippen molar-refractivity contribution in [2.45, 2.75) is 149 Å². The number of aliphatic carboxylic acids is 1.